The third-order valence-corrected chi connectivity index (χ3v) is 2.09. The van der Waals surface area contributed by atoms with Crippen LogP contribution in [0, 0.1) is 0 Å². The van der Waals surface area contributed by atoms with Crippen LogP contribution in [0.2, 0.25) is 0 Å². The van der Waals surface area contributed by atoms with Gasteiger partial charge in [-0.05, 0) is 5.92 Å². The molecule has 0 aliphatic rings. The molecule has 6 heteroatoms. The van der Waals surface area contributed by atoms with Crippen molar-refractivity contribution in [3.63, 3.8) is 0 Å². The summed E-state index contributed by atoms with van der Waals surface area (Å²) in [6.45, 7) is 5.29. The van der Waals surface area contributed by atoms with E-state index in [2.05, 4.69) is 9.97 Å². The minimum Gasteiger partial charge on any atom is -0.476 e. The molecule has 0 aliphatic heterocycles. The highest BCUT2D eigenvalue weighted by Crippen LogP contribution is 2.27. The SMILES string of the molecule is CCC(=O)Oc1c(C(=O)O)ncnc1C(C)C. The number of rotatable bonds is 4. The van der Waals surface area contributed by atoms with Crippen molar-refractivity contribution in [3.8, 4) is 5.75 Å². The molecule has 1 rings (SSSR count). The second kappa shape index (κ2) is 5.38. The fourth-order valence-electron chi connectivity index (χ4n) is 1.24. The lowest BCUT2D eigenvalue weighted by atomic mass is 10.1. The van der Waals surface area contributed by atoms with E-state index in [9.17, 15) is 9.59 Å². The number of aromatic nitrogens is 2. The van der Waals surface area contributed by atoms with Crippen LogP contribution in [0.3, 0.4) is 0 Å². The first-order valence-corrected chi connectivity index (χ1v) is 5.26. The third kappa shape index (κ3) is 2.99. The Hall–Kier alpha value is -1.98. The molecule has 6 nitrogen and oxygen atoms in total. The number of carbonyl (C=O) groups excluding carboxylic acids is 1. The Kier molecular flexibility index (Phi) is 4.14. The summed E-state index contributed by atoms with van der Waals surface area (Å²) >= 11 is 0. The number of carbonyl (C=O) groups is 2. The van der Waals surface area contributed by atoms with Crippen molar-refractivity contribution in [2.24, 2.45) is 0 Å². The zero-order valence-electron chi connectivity index (χ0n) is 9.93. The van der Waals surface area contributed by atoms with Gasteiger partial charge in [-0.1, -0.05) is 20.8 Å². The van der Waals surface area contributed by atoms with Gasteiger partial charge < -0.3 is 9.84 Å². The number of esters is 1. The number of hydrogen-bond acceptors (Lipinski definition) is 5. The minimum atomic E-state index is -1.24. The molecule has 0 aromatic carbocycles. The number of ether oxygens (including phenoxy) is 1. The molecule has 0 fully saturated rings. The topological polar surface area (TPSA) is 89.4 Å². The van der Waals surface area contributed by atoms with Gasteiger partial charge in [-0.3, -0.25) is 4.79 Å². The molecular weight excluding hydrogens is 224 g/mol. The van der Waals surface area contributed by atoms with E-state index >= 15 is 0 Å². The standard InChI is InChI=1S/C11H14N2O4/c1-4-7(14)17-10-8(6(2)3)12-5-13-9(10)11(15)16/h5-6H,4H2,1-3H3,(H,15,16). The van der Waals surface area contributed by atoms with Crippen LogP contribution >= 0.6 is 0 Å². The average Bonchev–Trinajstić information content (AvgIpc) is 2.28. The molecule has 1 heterocycles. The highest BCUT2D eigenvalue weighted by atomic mass is 16.5. The van der Waals surface area contributed by atoms with E-state index in [4.69, 9.17) is 9.84 Å². The Morgan fingerprint density at radius 2 is 2.06 bits per heavy atom. The van der Waals surface area contributed by atoms with E-state index in [1.807, 2.05) is 13.8 Å². The molecule has 0 saturated carbocycles. The molecule has 0 aliphatic carbocycles. The first-order chi connectivity index (χ1) is 7.97. The molecule has 1 N–H and O–H groups in total. The summed E-state index contributed by atoms with van der Waals surface area (Å²) in [7, 11) is 0. The fraction of sp³-hybridized carbons (Fsp3) is 0.455. The molecule has 0 atom stereocenters. The van der Waals surface area contributed by atoms with Gasteiger partial charge in [-0.2, -0.15) is 0 Å². The molecule has 0 saturated heterocycles. The van der Waals surface area contributed by atoms with Crippen LogP contribution in [0.1, 0.15) is 49.3 Å². The summed E-state index contributed by atoms with van der Waals surface area (Å²) < 4.78 is 5.00. The second-order valence-electron chi connectivity index (χ2n) is 3.72. The van der Waals surface area contributed by atoms with Crippen molar-refractivity contribution < 1.29 is 19.4 Å². The lowest BCUT2D eigenvalue weighted by molar-refractivity contribution is -0.134. The Morgan fingerprint density at radius 1 is 1.41 bits per heavy atom. The normalized spacial score (nSPS) is 10.4. The summed E-state index contributed by atoms with van der Waals surface area (Å²) in [6, 6.07) is 0. The fourth-order valence-corrected chi connectivity index (χ4v) is 1.24. The van der Waals surface area contributed by atoms with Gasteiger partial charge in [-0.15, -0.1) is 0 Å². The maximum atomic E-state index is 11.3. The minimum absolute atomic E-state index is 0.0538. The molecule has 0 bridgehead atoms. The first kappa shape index (κ1) is 13.1. The number of aromatic carboxylic acids is 1. The smallest absolute Gasteiger partial charge is 0.358 e. The summed E-state index contributed by atoms with van der Waals surface area (Å²) in [5, 5.41) is 8.98. The van der Waals surface area contributed by atoms with E-state index in [1.165, 1.54) is 0 Å². The second-order valence-corrected chi connectivity index (χ2v) is 3.72. The van der Waals surface area contributed by atoms with Gasteiger partial charge in [0.05, 0.1) is 5.69 Å². The maximum absolute atomic E-state index is 11.3. The molecule has 0 radical (unpaired) electrons. The molecule has 0 spiro atoms. The number of nitrogens with zero attached hydrogens (tertiary/aromatic N) is 2. The number of carboxylic acids is 1. The zero-order valence-corrected chi connectivity index (χ0v) is 9.93. The van der Waals surface area contributed by atoms with Crippen LogP contribution in [-0.2, 0) is 4.79 Å². The van der Waals surface area contributed by atoms with Crippen molar-refractivity contribution in [1.29, 1.82) is 0 Å². The number of hydrogen-bond donors (Lipinski definition) is 1. The molecule has 17 heavy (non-hydrogen) atoms. The van der Waals surface area contributed by atoms with E-state index in [0.717, 1.165) is 6.33 Å². The summed E-state index contributed by atoms with van der Waals surface area (Å²) in [5.74, 6) is -1.87. The average molecular weight is 238 g/mol. The van der Waals surface area contributed by atoms with Crippen molar-refractivity contribution in [1.82, 2.24) is 9.97 Å². The predicted molar refractivity (Wildman–Crippen MR) is 59.0 cm³/mol. The molecule has 0 unspecified atom stereocenters. The Bertz CT molecular complexity index is 443. The molecule has 1 aromatic rings. The van der Waals surface area contributed by atoms with Gasteiger partial charge in [0.1, 0.15) is 6.33 Å². The van der Waals surface area contributed by atoms with E-state index < -0.39 is 11.9 Å². The van der Waals surface area contributed by atoms with Gasteiger partial charge in [0, 0.05) is 6.42 Å². The van der Waals surface area contributed by atoms with Crippen molar-refractivity contribution in [2.45, 2.75) is 33.1 Å². The monoisotopic (exact) mass is 238 g/mol. The zero-order chi connectivity index (χ0) is 13.0. The van der Waals surface area contributed by atoms with Crippen LogP contribution in [0.15, 0.2) is 6.33 Å². The van der Waals surface area contributed by atoms with Crippen LogP contribution in [-0.4, -0.2) is 27.0 Å². The van der Waals surface area contributed by atoms with Gasteiger partial charge in [0.2, 0.25) is 0 Å². The van der Waals surface area contributed by atoms with Crippen LogP contribution in [0.4, 0.5) is 0 Å². The van der Waals surface area contributed by atoms with Crippen LogP contribution in [0.5, 0.6) is 5.75 Å². The summed E-state index contributed by atoms with van der Waals surface area (Å²) in [5.41, 5.74) is 0.129. The first-order valence-electron chi connectivity index (χ1n) is 5.26. The Labute approximate surface area is 98.7 Å². The van der Waals surface area contributed by atoms with E-state index in [0.29, 0.717) is 5.69 Å². The van der Waals surface area contributed by atoms with Gasteiger partial charge in [0.25, 0.3) is 0 Å². The van der Waals surface area contributed by atoms with Crippen LogP contribution in [0.25, 0.3) is 0 Å². The molecular formula is C11H14N2O4. The third-order valence-electron chi connectivity index (χ3n) is 2.09. The molecule has 0 amide bonds. The Morgan fingerprint density at radius 3 is 2.53 bits per heavy atom. The predicted octanol–water partition coefficient (Wildman–Crippen LogP) is 1.61. The highest BCUT2D eigenvalue weighted by Gasteiger charge is 2.22. The largest absolute Gasteiger partial charge is 0.476 e. The molecule has 1 aromatic heterocycles. The number of carboxylic acid groups (broad SMARTS) is 1. The lowest BCUT2D eigenvalue weighted by Gasteiger charge is -2.12. The summed E-state index contributed by atoms with van der Waals surface area (Å²) in [6.07, 6.45) is 1.31. The van der Waals surface area contributed by atoms with Crippen molar-refractivity contribution in [2.75, 3.05) is 0 Å². The van der Waals surface area contributed by atoms with E-state index in [1.54, 1.807) is 6.92 Å². The van der Waals surface area contributed by atoms with Gasteiger partial charge >= 0.3 is 11.9 Å². The van der Waals surface area contributed by atoms with E-state index in [-0.39, 0.29) is 23.8 Å². The van der Waals surface area contributed by atoms with Crippen molar-refractivity contribution >= 4 is 11.9 Å². The quantitative estimate of drug-likeness (QED) is 0.801. The molecule has 92 valence electrons. The summed E-state index contributed by atoms with van der Waals surface area (Å²) in [4.78, 5) is 29.8. The van der Waals surface area contributed by atoms with Crippen LogP contribution < -0.4 is 4.74 Å². The maximum Gasteiger partial charge on any atom is 0.358 e. The lowest BCUT2D eigenvalue weighted by Crippen LogP contribution is -2.14. The highest BCUT2D eigenvalue weighted by molar-refractivity contribution is 5.90. The van der Waals surface area contributed by atoms with Crippen molar-refractivity contribution in [3.05, 3.63) is 17.7 Å². The Balaban J connectivity index is 3.28. The van der Waals surface area contributed by atoms with Gasteiger partial charge in [-0.25, -0.2) is 14.8 Å². The van der Waals surface area contributed by atoms with Gasteiger partial charge in [0.15, 0.2) is 11.4 Å².